The number of hydrogen-bond donors (Lipinski definition) is 1. The Kier molecular flexibility index (Phi) is 4.06. The summed E-state index contributed by atoms with van der Waals surface area (Å²) in [7, 11) is 1.61. The Labute approximate surface area is 106 Å². The molecule has 0 unspecified atom stereocenters. The Hall–Kier alpha value is -2.17. The molecule has 0 aliphatic carbocycles. The van der Waals surface area contributed by atoms with Crippen molar-refractivity contribution in [3.8, 4) is 17.3 Å². The molecule has 0 aromatic carbocycles. The molecule has 0 radical (unpaired) electrons. The van der Waals surface area contributed by atoms with E-state index in [2.05, 4.69) is 27.2 Å². The van der Waals surface area contributed by atoms with Crippen LogP contribution in [-0.4, -0.2) is 28.6 Å². The van der Waals surface area contributed by atoms with Gasteiger partial charge >= 0.3 is 0 Å². The van der Waals surface area contributed by atoms with E-state index in [1.165, 1.54) is 0 Å². The van der Waals surface area contributed by atoms with Crippen molar-refractivity contribution < 1.29 is 4.74 Å². The smallest absolute Gasteiger partial charge is 0.180 e. The third-order valence-corrected chi connectivity index (χ3v) is 2.41. The van der Waals surface area contributed by atoms with Crippen molar-refractivity contribution >= 4 is 5.82 Å². The predicted molar refractivity (Wildman–Crippen MR) is 70.6 cm³/mol. The zero-order valence-corrected chi connectivity index (χ0v) is 10.6. The monoisotopic (exact) mass is 244 g/mol. The zero-order chi connectivity index (χ0) is 12.8. The van der Waals surface area contributed by atoms with Gasteiger partial charge in [-0.15, -0.1) is 0 Å². The average Bonchev–Trinajstić information content (AvgIpc) is 2.45. The number of ether oxygens (including phenoxy) is 1. The highest BCUT2D eigenvalue weighted by Gasteiger charge is 2.09. The van der Waals surface area contributed by atoms with Gasteiger partial charge in [0.25, 0.3) is 0 Å². The van der Waals surface area contributed by atoms with Crippen LogP contribution in [0.1, 0.15) is 13.3 Å². The van der Waals surface area contributed by atoms with E-state index in [0.29, 0.717) is 17.4 Å². The third-order valence-electron chi connectivity index (χ3n) is 2.41. The fraction of sp³-hybridized carbons (Fsp3) is 0.308. The second kappa shape index (κ2) is 5.95. The standard InChI is InChI=1S/C13H16N4O/c1-3-7-15-13-11(18-2)9-16-12(17-13)10-6-4-5-8-14-10/h4-6,8-9H,3,7H2,1-2H3,(H,15,16,17). The predicted octanol–water partition coefficient (Wildman–Crippen LogP) is 2.37. The van der Waals surface area contributed by atoms with Crippen LogP contribution in [0.3, 0.4) is 0 Å². The molecule has 0 fully saturated rings. The lowest BCUT2D eigenvalue weighted by Gasteiger charge is -2.10. The number of rotatable bonds is 5. The van der Waals surface area contributed by atoms with Crippen molar-refractivity contribution in [3.05, 3.63) is 30.6 Å². The lowest BCUT2D eigenvalue weighted by Crippen LogP contribution is -2.06. The number of methoxy groups -OCH3 is 1. The summed E-state index contributed by atoms with van der Waals surface area (Å²) >= 11 is 0. The molecular formula is C13H16N4O. The summed E-state index contributed by atoms with van der Waals surface area (Å²) in [6, 6.07) is 5.66. The zero-order valence-electron chi connectivity index (χ0n) is 10.6. The van der Waals surface area contributed by atoms with Gasteiger partial charge in [0, 0.05) is 12.7 Å². The van der Waals surface area contributed by atoms with Crippen LogP contribution in [0.2, 0.25) is 0 Å². The minimum atomic E-state index is 0.593. The van der Waals surface area contributed by atoms with E-state index in [9.17, 15) is 0 Å². The Morgan fingerprint density at radius 3 is 2.83 bits per heavy atom. The topological polar surface area (TPSA) is 59.9 Å². The van der Waals surface area contributed by atoms with Crippen LogP contribution in [0.4, 0.5) is 5.82 Å². The SMILES string of the molecule is CCCNc1nc(-c2ccccn2)ncc1OC. The maximum Gasteiger partial charge on any atom is 0.180 e. The summed E-state index contributed by atoms with van der Waals surface area (Å²) in [6.07, 6.45) is 4.41. The molecule has 0 aliphatic heterocycles. The lowest BCUT2D eigenvalue weighted by atomic mass is 10.3. The molecule has 2 rings (SSSR count). The molecule has 5 heteroatoms. The number of nitrogens with one attached hydrogen (secondary N) is 1. The molecule has 0 aliphatic rings. The molecule has 0 spiro atoms. The van der Waals surface area contributed by atoms with Gasteiger partial charge in [-0.2, -0.15) is 0 Å². The average molecular weight is 244 g/mol. The van der Waals surface area contributed by atoms with Crippen LogP contribution in [-0.2, 0) is 0 Å². The van der Waals surface area contributed by atoms with Gasteiger partial charge in [-0.1, -0.05) is 13.0 Å². The Balaban J connectivity index is 2.33. The van der Waals surface area contributed by atoms with E-state index in [1.807, 2.05) is 18.2 Å². The van der Waals surface area contributed by atoms with Crippen molar-refractivity contribution in [2.45, 2.75) is 13.3 Å². The summed E-state index contributed by atoms with van der Waals surface area (Å²) in [4.78, 5) is 12.9. The first-order valence-electron chi connectivity index (χ1n) is 5.91. The first kappa shape index (κ1) is 12.3. The second-order valence-corrected chi connectivity index (χ2v) is 3.75. The maximum absolute atomic E-state index is 5.23. The molecule has 2 aromatic heterocycles. The largest absolute Gasteiger partial charge is 0.491 e. The lowest BCUT2D eigenvalue weighted by molar-refractivity contribution is 0.413. The summed E-state index contributed by atoms with van der Waals surface area (Å²) < 4.78 is 5.23. The highest BCUT2D eigenvalue weighted by Crippen LogP contribution is 2.23. The molecule has 2 heterocycles. The molecule has 5 nitrogen and oxygen atoms in total. The third kappa shape index (κ3) is 2.74. The van der Waals surface area contributed by atoms with Gasteiger partial charge in [0.05, 0.1) is 13.3 Å². The number of aromatic nitrogens is 3. The van der Waals surface area contributed by atoms with Crippen molar-refractivity contribution in [1.82, 2.24) is 15.0 Å². The van der Waals surface area contributed by atoms with E-state index >= 15 is 0 Å². The Morgan fingerprint density at radius 1 is 1.28 bits per heavy atom. The molecule has 18 heavy (non-hydrogen) atoms. The Morgan fingerprint density at radius 2 is 2.17 bits per heavy atom. The van der Waals surface area contributed by atoms with Gasteiger partial charge in [0.2, 0.25) is 0 Å². The van der Waals surface area contributed by atoms with Crippen LogP contribution >= 0.6 is 0 Å². The van der Waals surface area contributed by atoms with Gasteiger partial charge in [0.15, 0.2) is 17.4 Å². The molecule has 0 saturated heterocycles. The highest BCUT2D eigenvalue weighted by atomic mass is 16.5. The number of hydrogen-bond acceptors (Lipinski definition) is 5. The molecule has 0 saturated carbocycles. The fourth-order valence-electron chi connectivity index (χ4n) is 1.51. The highest BCUT2D eigenvalue weighted by molar-refractivity contribution is 5.57. The molecule has 1 N–H and O–H groups in total. The van der Waals surface area contributed by atoms with Crippen LogP contribution in [0.25, 0.3) is 11.5 Å². The second-order valence-electron chi connectivity index (χ2n) is 3.75. The summed E-state index contributed by atoms with van der Waals surface area (Å²) in [5, 5.41) is 3.22. The molecule has 0 atom stereocenters. The van der Waals surface area contributed by atoms with Gasteiger partial charge in [-0.25, -0.2) is 9.97 Å². The number of anilines is 1. The van der Waals surface area contributed by atoms with Crippen molar-refractivity contribution in [3.63, 3.8) is 0 Å². The first-order valence-corrected chi connectivity index (χ1v) is 5.91. The summed E-state index contributed by atoms with van der Waals surface area (Å²) in [6.45, 7) is 2.94. The fourth-order valence-corrected chi connectivity index (χ4v) is 1.51. The van der Waals surface area contributed by atoms with Crippen LogP contribution in [0, 0.1) is 0 Å². The van der Waals surface area contributed by atoms with Gasteiger partial charge in [-0.05, 0) is 18.6 Å². The number of pyridine rings is 1. The summed E-state index contributed by atoms with van der Waals surface area (Å²) in [5.74, 6) is 1.94. The molecular weight excluding hydrogens is 228 g/mol. The molecule has 94 valence electrons. The molecule has 2 aromatic rings. The van der Waals surface area contributed by atoms with Crippen LogP contribution < -0.4 is 10.1 Å². The van der Waals surface area contributed by atoms with E-state index < -0.39 is 0 Å². The van der Waals surface area contributed by atoms with E-state index in [-0.39, 0.29) is 0 Å². The van der Waals surface area contributed by atoms with E-state index in [1.54, 1.807) is 19.5 Å². The van der Waals surface area contributed by atoms with Gasteiger partial charge in [-0.3, -0.25) is 4.98 Å². The van der Waals surface area contributed by atoms with Crippen molar-refractivity contribution in [1.29, 1.82) is 0 Å². The molecule has 0 bridgehead atoms. The Bertz CT molecular complexity index is 502. The normalized spacial score (nSPS) is 10.1. The van der Waals surface area contributed by atoms with Crippen LogP contribution in [0.15, 0.2) is 30.6 Å². The van der Waals surface area contributed by atoms with E-state index in [0.717, 1.165) is 18.7 Å². The minimum absolute atomic E-state index is 0.593. The van der Waals surface area contributed by atoms with Crippen molar-refractivity contribution in [2.24, 2.45) is 0 Å². The van der Waals surface area contributed by atoms with E-state index in [4.69, 9.17) is 4.74 Å². The quantitative estimate of drug-likeness (QED) is 0.875. The first-order chi connectivity index (χ1) is 8.85. The van der Waals surface area contributed by atoms with Crippen molar-refractivity contribution in [2.75, 3.05) is 19.0 Å². The molecule has 0 amide bonds. The summed E-state index contributed by atoms with van der Waals surface area (Å²) in [5.41, 5.74) is 0.750. The number of nitrogens with zero attached hydrogens (tertiary/aromatic N) is 3. The maximum atomic E-state index is 5.23. The van der Waals surface area contributed by atoms with Gasteiger partial charge < -0.3 is 10.1 Å². The van der Waals surface area contributed by atoms with Gasteiger partial charge in [0.1, 0.15) is 5.69 Å². The minimum Gasteiger partial charge on any atom is -0.491 e. The van der Waals surface area contributed by atoms with Crippen LogP contribution in [0.5, 0.6) is 5.75 Å².